The second kappa shape index (κ2) is 4.51. The van der Waals surface area contributed by atoms with Gasteiger partial charge < -0.3 is 10.7 Å². The summed E-state index contributed by atoms with van der Waals surface area (Å²) >= 11 is 3.45. The Labute approximate surface area is 116 Å². The molecule has 3 N–H and O–H groups in total. The Balaban J connectivity index is 2.15. The Kier molecular flexibility index (Phi) is 2.83. The minimum Gasteiger partial charge on any atom is -0.369 e. The number of fused-ring (bicyclic) bond motifs is 1. The van der Waals surface area contributed by atoms with Crippen LogP contribution in [0.25, 0.3) is 11.2 Å². The van der Waals surface area contributed by atoms with Crippen molar-refractivity contribution in [1.82, 2.24) is 19.5 Å². The molecular weight excluding hydrogens is 310 g/mol. The van der Waals surface area contributed by atoms with Gasteiger partial charge in [0.2, 0.25) is 5.95 Å². The molecule has 3 rings (SSSR count). The van der Waals surface area contributed by atoms with Gasteiger partial charge in [0.1, 0.15) is 0 Å². The van der Waals surface area contributed by atoms with Gasteiger partial charge in [-0.05, 0) is 11.6 Å². The van der Waals surface area contributed by atoms with Crippen LogP contribution in [-0.4, -0.2) is 19.5 Å². The highest BCUT2D eigenvalue weighted by molar-refractivity contribution is 9.10. The Hall–Kier alpha value is -2.15. The van der Waals surface area contributed by atoms with Gasteiger partial charge >= 0.3 is 0 Å². The van der Waals surface area contributed by atoms with E-state index in [1.807, 2.05) is 24.3 Å². The molecule has 0 atom stereocenters. The van der Waals surface area contributed by atoms with Crippen molar-refractivity contribution < 1.29 is 0 Å². The molecule has 0 amide bonds. The van der Waals surface area contributed by atoms with Gasteiger partial charge in [-0.3, -0.25) is 9.36 Å². The van der Waals surface area contributed by atoms with Crippen LogP contribution < -0.4 is 11.3 Å². The number of aromatic amines is 1. The molecule has 0 spiro atoms. The Bertz CT molecular complexity index is 807. The molecule has 0 aliphatic rings. The summed E-state index contributed by atoms with van der Waals surface area (Å²) in [5.41, 5.74) is 7.24. The summed E-state index contributed by atoms with van der Waals surface area (Å²) in [6, 6.07) is 7.65. The van der Waals surface area contributed by atoms with E-state index in [2.05, 4.69) is 30.9 Å². The van der Waals surface area contributed by atoms with Crippen LogP contribution in [0.1, 0.15) is 5.56 Å². The molecule has 0 aliphatic carbocycles. The molecule has 6 nitrogen and oxygen atoms in total. The van der Waals surface area contributed by atoms with Gasteiger partial charge in [0.25, 0.3) is 5.56 Å². The highest BCUT2D eigenvalue weighted by Gasteiger charge is 2.11. The smallest absolute Gasteiger partial charge is 0.283 e. The number of nitrogens with two attached hydrogens (primary N) is 1. The number of anilines is 1. The third-order valence-corrected chi connectivity index (χ3v) is 3.63. The zero-order valence-corrected chi connectivity index (χ0v) is 11.4. The van der Waals surface area contributed by atoms with Crippen molar-refractivity contribution in [3.63, 3.8) is 0 Å². The second-order valence-electron chi connectivity index (χ2n) is 4.05. The second-order valence-corrected chi connectivity index (χ2v) is 4.91. The number of halogens is 1. The van der Waals surface area contributed by atoms with Gasteiger partial charge in [-0.2, -0.15) is 4.98 Å². The van der Waals surface area contributed by atoms with Crippen LogP contribution in [0.2, 0.25) is 0 Å². The summed E-state index contributed by atoms with van der Waals surface area (Å²) in [5, 5.41) is 0. The lowest BCUT2D eigenvalue weighted by atomic mass is 10.2. The number of hydrogen-bond acceptors (Lipinski definition) is 4. The summed E-state index contributed by atoms with van der Waals surface area (Å²) < 4.78 is 2.33. The van der Waals surface area contributed by atoms with E-state index in [1.54, 1.807) is 0 Å². The molecule has 0 fully saturated rings. The maximum absolute atomic E-state index is 12.3. The summed E-state index contributed by atoms with van der Waals surface area (Å²) in [4.78, 5) is 23.1. The lowest BCUT2D eigenvalue weighted by molar-refractivity contribution is 0.759. The maximum Gasteiger partial charge on any atom is 0.283 e. The van der Waals surface area contributed by atoms with Gasteiger partial charge in [-0.15, -0.1) is 0 Å². The monoisotopic (exact) mass is 319 g/mol. The Morgan fingerprint density at radius 3 is 2.95 bits per heavy atom. The topological polar surface area (TPSA) is 89.6 Å². The highest BCUT2D eigenvalue weighted by Crippen LogP contribution is 2.17. The van der Waals surface area contributed by atoms with E-state index in [-0.39, 0.29) is 11.5 Å². The van der Waals surface area contributed by atoms with E-state index < -0.39 is 0 Å². The lowest BCUT2D eigenvalue weighted by Crippen LogP contribution is -2.25. The van der Waals surface area contributed by atoms with Crippen LogP contribution in [0.4, 0.5) is 5.95 Å². The number of benzene rings is 1. The molecule has 0 unspecified atom stereocenters. The summed E-state index contributed by atoms with van der Waals surface area (Å²) in [6.45, 7) is 0.349. The SMILES string of the molecule is Nc1nc2[nH]cnc2c(=O)n1Cc1ccccc1Br. The van der Waals surface area contributed by atoms with Gasteiger partial charge in [0, 0.05) is 4.47 Å². The van der Waals surface area contributed by atoms with Gasteiger partial charge in [0.15, 0.2) is 11.2 Å². The first-order chi connectivity index (χ1) is 9.16. The molecule has 96 valence electrons. The Morgan fingerprint density at radius 1 is 1.37 bits per heavy atom. The molecular formula is C12H10BrN5O. The summed E-state index contributed by atoms with van der Waals surface area (Å²) in [6.07, 6.45) is 1.43. The minimum atomic E-state index is -0.250. The number of nitrogen functional groups attached to an aromatic ring is 1. The van der Waals surface area contributed by atoms with Crippen molar-refractivity contribution in [1.29, 1.82) is 0 Å². The van der Waals surface area contributed by atoms with E-state index in [0.717, 1.165) is 10.0 Å². The van der Waals surface area contributed by atoms with E-state index in [1.165, 1.54) is 10.9 Å². The van der Waals surface area contributed by atoms with E-state index in [4.69, 9.17) is 5.73 Å². The first-order valence-corrected chi connectivity index (χ1v) is 6.39. The van der Waals surface area contributed by atoms with Crippen LogP contribution in [0.5, 0.6) is 0 Å². The van der Waals surface area contributed by atoms with E-state index >= 15 is 0 Å². The van der Waals surface area contributed by atoms with Crippen molar-refractivity contribution in [3.05, 3.63) is 51.0 Å². The van der Waals surface area contributed by atoms with Crippen LogP contribution in [0.15, 0.2) is 39.9 Å². The molecule has 0 saturated heterocycles. The van der Waals surface area contributed by atoms with Gasteiger partial charge in [0.05, 0.1) is 12.9 Å². The number of nitrogens with one attached hydrogen (secondary N) is 1. The van der Waals surface area contributed by atoms with Gasteiger partial charge in [-0.1, -0.05) is 34.1 Å². The van der Waals surface area contributed by atoms with Crippen molar-refractivity contribution >= 4 is 33.0 Å². The fourth-order valence-electron chi connectivity index (χ4n) is 1.89. The van der Waals surface area contributed by atoms with Gasteiger partial charge in [-0.25, -0.2) is 4.98 Å². The van der Waals surface area contributed by atoms with Crippen molar-refractivity contribution in [2.24, 2.45) is 0 Å². The largest absolute Gasteiger partial charge is 0.369 e. The van der Waals surface area contributed by atoms with Crippen LogP contribution in [-0.2, 0) is 6.54 Å². The number of nitrogens with zero attached hydrogens (tertiary/aromatic N) is 3. The van der Waals surface area contributed by atoms with Crippen LogP contribution in [0, 0.1) is 0 Å². The van der Waals surface area contributed by atoms with Crippen LogP contribution in [0.3, 0.4) is 0 Å². The quantitative estimate of drug-likeness (QED) is 0.749. The predicted molar refractivity (Wildman–Crippen MR) is 75.8 cm³/mol. The number of rotatable bonds is 2. The molecule has 0 bridgehead atoms. The molecule has 2 heterocycles. The fourth-order valence-corrected chi connectivity index (χ4v) is 2.30. The number of H-pyrrole nitrogens is 1. The first kappa shape index (κ1) is 11.9. The summed E-state index contributed by atoms with van der Waals surface area (Å²) in [7, 11) is 0. The number of imidazole rings is 1. The molecule has 0 saturated carbocycles. The van der Waals surface area contributed by atoms with Crippen molar-refractivity contribution in [2.75, 3.05) is 5.73 Å². The third kappa shape index (κ3) is 2.01. The average molecular weight is 320 g/mol. The molecule has 0 aliphatic heterocycles. The third-order valence-electron chi connectivity index (χ3n) is 2.86. The number of aromatic nitrogens is 4. The molecule has 2 aromatic heterocycles. The number of hydrogen-bond donors (Lipinski definition) is 2. The predicted octanol–water partition coefficient (Wildman–Crippen LogP) is 1.51. The minimum absolute atomic E-state index is 0.164. The van der Waals surface area contributed by atoms with Crippen molar-refractivity contribution in [3.8, 4) is 0 Å². The first-order valence-electron chi connectivity index (χ1n) is 5.59. The molecule has 7 heteroatoms. The lowest BCUT2D eigenvalue weighted by Gasteiger charge is -2.09. The summed E-state index contributed by atoms with van der Waals surface area (Å²) in [5.74, 6) is 0.164. The zero-order valence-electron chi connectivity index (χ0n) is 9.80. The fraction of sp³-hybridized carbons (Fsp3) is 0.0833. The molecule has 0 radical (unpaired) electrons. The maximum atomic E-state index is 12.3. The van der Waals surface area contributed by atoms with E-state index in [0.29, 0.717) is 17.7 Å². The normalized spacial score (nSPS) is 11.0. The molecule has 1 aromatic carbocycles. The van der Waals surface area contributed by atoms with E-state index in [9.17, 15) is 4.79 Å². The van der Waals surface area contributed by atoms with Crippen LogP contribution >= 0.6 is 15.9 Å². The zero-order chi connectivity index (χ0) is 13.4. The van der Waals surface area contributed by atoms with Crippen molar-refractivity contribution in [2.45, 2.75) is 6.54 Å². The molecule has 3 aromatic rings. The molecule has 19 heavy (non-hydrogen) atoms. The average Bonchev–Trinajstić information content (AvgIpc) is 2.84. The standard InChI is InChI=1S/C12H10BrN5O/c13-8-4-2-1-3-7(8)5-18-11(19)9-10(16-6-15-9)17-12(18)14/h1-4,6H,5H2,(H2,14,17)(H,15,16). The highest BCUT2D eigenvalue weighted by atomic mass is 79.9. The Morgan fingerprint density at radius 2 is 2.16 bits per heavy atom.